The van der Waals surface area contributed by atoms with Gasteiger partial charge in [-0.25, -0.2) is 0 Å². The molecule has 146 valence electrons. The average molecular weight is 405 g/mol. The van der Waals surface area contributed by atoms with Crippen molar-refractivity contribution in [2.24, 2.45) is 0 Å². The highest BCUT2D eigenvalue weighted by Gasteiger charge is 2.17. The van der Waals surface area contributed by atoms with Crippen LogP contribution in [0.1, 0.15) is 38.2 Å². The zero-order valence-electron chi connectivity index (χ0n) is 14.9. The highest BCUT2D eigenvalue weighted by atomic mass is 32.2. The molecule has 0 amide bonds. The van der Waals surface area contributed by atoms with E-state index in [0.29, 0.717) is 0 Å². The molecule has 0 aromatic heterocycles. The third kappa shape index (κ3) is 9.71. The summed E-state index contributed by atoms with van der Waals surface area (Å²) < 4.78 is 0. The smallest absolute Gasteiger partial charge is 0.294 e. The Morgan fingerprint density at radius 1 is 1.12 bits per heavy atom. The highest BCUT2D eigenvalue weighted by molar-refractivity contribution is 7.99. The molecule has 0 fully saturated rings. The lowest BCUT2D eigenvalue weighted by Gasteiger charge is -2.16. The van der Waals surface area contributed by atoms with Gasteiger partial charge in [-0.05, 0) is 41.5 Å². The van der Waals surface area contributed by atoms with Gasteiger partial charge in [-0.1, -0.05) is 32.4 Å². The van der Waals surface area contributed by atoms with E-state index in [2.05, 4.69) is 47.8 Å². The minimum atomic E-state index is -0.982. The molecule has 1 aromatic rings. The quantitative estimate of drug-likeness (QED) is 0.197. The molecule has 0 saturated heterocycles. The summed E-state index contributed by atoms with van der Waals surface area (Å²) >= 11 is 3.29. The van der Waals surface area contributed by atoms with Crippen molar-refractivity contribution in [2.75, 3.05) is 23.9 Å². The van der Waals surface area contributed by atoms with Crippen molar-refractivity contribution in [3.63, 3.8) is 0 Å². The monoisotopic (exact) mass is 404 g/mol. The molecule has 0 aliphatic rings. The average Bonchev–Trinajstić information content (AvgIpc) is 2.59. The molecule has 0 spiro atoms. The molecule has 1 rings (SSSR count). The molecule has 0 bridgehead atoms. The first-order valence-electron chi connectivity index (χ1n) is 8.31. The summed E-state index contributed by atoms with van der Waals surface area (Å²) in [4.78, 5) is 30.5. The molecule has 0 radical (unpaired) electrons. The van der Waals surface area contributed by atoms with E-state index in [0.717, 1.165) is 11.5 Å². The Morgan fingerprint density at radius 2 is 1.81 bits per heavy atom. The van der Waals surface area contributed by atoms with E-state index in [-0.39, 0.29) is 11.7 Å². The molecule has 0 aliphatic carbocycles. The van der Waals surface area contributed by atoms with Crippen molar-refractivity contribution in [3.8, 4) is 0 Å². The number of nitrogens with zero attached hydrogens (tertiary/aromatic N) is 2. The van der Waals surface area contributed by atoms with Gasteiger partial charge >= 0.3 is 0 Å². The van der Waals surface area contributed by atoms with Gasteiger partial charge in [-0.15, -0.1) is 32.0 Å². The lowest BCUT2D eigenvalue weighted by molar-refractivity contribution is -0.788. The van der Waals surface area contributed by atoms with Crippen LogP contribution in [0.4, 0.5) is 0 Å². The first-order chi connectivity index (χ1) is 12.4. The largest absolute Gasteiger partial charge is 0.312 e. The van der Waals surface area contributed by atoms with Gasteiger partial charge in [-0.2, -0.15) is 11.8 Å². The zero-order chi connectivity index (χ0) is 19.4. The summed E-state index contributed by atoms with van der Waals surface area (Å²) in [6, 6.07) is 8.42. The number of rotatable bonds is 14. The fourth-order valence-corrected chi connectivity index (χ4v) is 4.17. The van der Waals surface area contributed by atoms with E-state index in [4.69, 9.17) is 0 Å². The molecule has 0 N–H and O–H groups in total. The molecule has 0 saturated carbocycles. The van der Waals surface area contributed by atoms with Crippen LogP contribution in [0.25, 0.3) is 0 Å². The van der Waals surface area contributed by atoms with Gasteiger partial charge in [0.1, 0.15) is 12.7 Å². The summed E-state index contributed by atoms with van der Waals surface area (Å²) in [6.07, 6.45) is 1.42. The number of benzene rings is 1. The van der Waals surface area contributed by atoms with E-state index in [9.17, 15) is 20.2 Å². The van der Waals surface area contributed by atoms with Crippen LogP contribution in [0, 0.1) is 20.2 Å². The second-order valence-electron chi connectivity index (χ2n) is 5.68. The predicted octanol–water partition coefficient (Wildman–Crippen LogP) is 4.20. The second kappa shape index (κ2) is 12.6. The van der Waals surface area contributed by atoms with E-state index < -0.39 is 22.9 Å². The molecule has 0 aliphatic heterocycles. The Balaban J connectivity index is 2.41. The summed E-state index contributed by atoms with van der Waals surface area (Å²) in [7, 11) is 0. The Bertz CT molecular complexity index is 558. The predicted molar refractivity (Wildman–Crippen MR) is 103 cm³/mol. The van der Waals surface area contributed by atoms with Gasteiger partial charge in [0.2, 0.25) is 0 Å². The van der Waals surface area contributed by atoms with Crippen LogP contribution in [0.2, 0.25) is 0 Å². The van der Waals surface area contributed by atoms with E-state index in [1.54, 1.807) is 0 Å². The van der Waals surface area contributed by atoms with Gasteiger partial charge in [0.25, 0.3) is 10.2 Å². The van der Waals surface area contributed by atoms with Gasteiger partial charge in [0, 0.05) is 10.6 Å². The molecule has 1 aromatic carbocycles. The SMILES string of the molecule is CCCCSc1ccc(C(C)CSCC(CO[N+](=O)[O-])O[N+](=O)[O-])cc1. The number of hydrogen-bond acceptors (Lipinski definition) is 8. The first kappa shape index (κ1) is 22.4. The van der Waals surface area contributed by atoms with Crippen molar-refractivity contribution in [2.45, 2.75) is 43.6 Å². The normalized spacial score (nSPS) is 13.0. The Kier molecular flexibility index (Phi) is 10.9. The zero-order valence-corrected chi connectivity index (χ0v) is 16.5. The molecule has 0 heterocycles. The van der Waals surface area contributed by atoms with Crippen LogP contribution in [-0.2, 0) is 9.68 Å². The lowest BCUT2D eigenvalue weighted by Crippen LogP contribution is -2.27. The van der Waals surface area contributed by atoms with Crippen molar-refractivity contribution in [1.29, 1.82) is 0 Å². The second-order valence-corrected chi connectivity index (χ2v) is 7.92. The van der Waals surface area contributed by atoms with Crippen molar-refractivity contribution in [3.05, 3.63) is 50.1 Å². The number of thioether (sulfide) groups is 2. The number of unbranched alkanes of at least 4 members (excludes halogenated alkanes) is 1. The minimum Gasteiger partial charge on any atom is -0.312 e. The van der Waals surface area contributed by atoms with E-state index in [1.165, 1.54) is 35.1 Å². The van der Waals surface area contributed by atoms with Gasteiger partial charge in [-0.3, -0.25) is 0 Å². The maximum atomic E-state index is 10.4. The van der Waals surface area contributed by atoms with Crippen LogP contribution in [0.15, 0.2) is 29.2 Å². The van der Waals surface area contributed by atoms with Crippen LogP contribution >= 0.6 is 23.5 Å². The summed E-state index contributed by atoms with van der Waals surface area (Å²) in [5.41, 5.74) is 1.19. The molecular formula is C16H24N2O6S2. The summed E-state index contributed by atoms with van der Waals surface area (Å²) in [5, 5.41) is 18.7. The lowest BCUT2D eigenvalue weighted by atomic mass is 10.0. The standard InChI is InChI=1S/C16H24N2O6S2/c1-3-4-9-26-16-7-5-14(6-8-16)13(2)11-25-12-15(24-18(21)22)10-23-17(19)20/h5-8,13,15H,3-4,9-12H2,1-2H3. The topological polar surface area (TPSA) is 105 Å². The Morgan fingerprint density at radius 3 is 2.38 bits per heavy atom. The fourth-order valence-electron chi connectivity index (χ4n) is 2.07. The van der Waals surface area contributed by atoms with Crippen LogP contribution < -0.4 is 0 Å². The fraction of sp³-hybridized carbons (Fsp3) is 0.625. The van der Waals surface area contributed by atoms with E-state index in [1.807, 2.05) is 11.8 Å². The molecule has 2 unspecified atom stereocenters. The van der Waals surface area contributed by atoms with Crippen molar-refractivity contribution < 1.29 is 19.8 Å². The van der Waals surface area contributed by atoms with Gasteiger partial charge in [0.15, 0.2) is 0 Å². The van der Waals surface area contributed by atoms with Gasteiger partial charge in [0.05, 0.1) is 0 Å². The summed E-state index contributed by atoms with van der Waals surface area (Å²) in [6.45, 7) is 3.79. The van der Waals surface area contributed by atoms with Crippen LogP contribution in [-0.4, -0.2) is 40.1 Å². The highest BCUT2D eigenvalue weighted by Crippen LogP contribution is 2.25. The Labute approximate surface area is 161 Å². The molecule has 26 heavy (non-hydrogen) atoms. The minimum absolute atomic E-state index is 0.240. The third-order valence-corrected chi connectivity index (χ3v) is 5.93. The Hall–Kier alpha value is -1.68. The van der Waals surface area contributed by atoms with Gasteiger partial charge < -0.3 is 9.68 Å². The van der Waals surface area contributed by atoms with Crippen molar-refractivity contribution >= 4 is 23.5 Å². The van der Waals surface area contributed by atoms with Crippen LogP contribution in [0.5, 0.6) is 0 Å². The maximum Gasteiger partial charge on any atom is 0.294 e. The maximum absolute atomic E-state index is 10.4. The van der Waals surface area contributed by atoms with E-state index >= 15 is 0 Å². The molecule has 8 nitrogen and oxygen atoms in total. The molecular weight excluding hydrogens is 380 g/mol. The number of hydrogen-bond donors (Lipinski definition) is 0. The third-order valence-electron chi connectivity index (χ3n) is 3.49. The molecule has 10 heteroatoms. The summed E-state index contributed by atoms with van der Waals surface area (Å²) in [5.74, 6) is 2.33. The first-order valence-corrected chi connectivity index (χ1v) is 10.4. The molecule has 2 atom stereocenters. The van der Waals surface area contributed by atoms with Crippen LogP contribution in [0.3, 0.4) is 0 Å². The van der Waals surface area contributed by atoms with Crippen molar-refractivity contribution in [1.82, 2.24) is 0 Å².